The molecule has 0 bridgehead atoms. The van der Waals surface area contributed by atoms with Crippen LogP contribution in [0, 0.1) is 16.0 Å². The molecule has 1 aliphatic rings. The summed E-state index contributed by atoms with van der Waals surface area (Å²) >= 11 is 0. The van der Waals surface area contributed by atoms with Gasteiger partial charge < -0.3 is 0 Å². The van der Waals surface area contributed by atoms with Gasteiger partial charge in [-0.2, -0.15) is 8.78 Å². The number of nitro benzene ring substituents is 1. The number of hydrogen-bond donors (Lipinski definition) is 0. The van der Waals surface area contributed by atoms with E-state index in [1.165, 1.54) is 12.1 Å². The number of benzene rings is 1. The van der Waals surface area contributed by atoms with E-state index in [0.717, 1.165) is 30.2 Å². The molecule has 0 N–H and O–H groups in total. The van der Waals surface area contributed by atoms with Crippen LogP contribution in [0.3, 0.4) is 0 Å². The molecule has 1 fully saturated rings. The zero-order chi connectivity index (χ0) is 15.7. The van der Waals surface area contributed by atoms with Gasteiger partial charge in [0, 0.05) is 18.1 Å². The number of aromatic nitrogens is 3. The zero-order valence-electron chi connectivity index (χ0n) is 11.6. The second kappa shape index (κ2) is 5.78. The van der Waals surface area contributed by atoms with Gasteiger partial charge in [-0.25, -0.2) is 0 Å². The number of nitrogens with zero attached hydrogens (tertiary/aromatic N) is 4. The molecule has 1 unspecified atom stereocenters. The highest BCUT2D eigenvalue weighted by atomic mass is 19.3. The minimum absolute atomic E-state index is 0.0510. The van der Waals surface area contributed by atoms with Crippen LogP contribution in [0.1, 0.15) is 43.1 Å². The Morgan fingerprint density at radius 1 is 1.36 bits per heavy atom. The average molecular weight is 308 g/mol. The zero-order valence-corrected chi connectivity index (χ0v) is 11.6. The number of hydrogen-bond acceptors (Lipinski definition) is 4. The fourth-order valence-corrected chi connectivity index (χ4v) is 2.86. The normalized spacial score (nSPS) is 16.5. The maximum absolute atomic E-state index is 13.1. The maximum atomic E-state index is 13.1. The van der Waals surface area contributed by atoms with Crippen LogP contribution in [-0.2, 0) is 0 Å². The van der Waals surface area contributed by atoms with Crippen LogP contribution in [0.4, 0.5) is 14.5 Å². The molecule has 1 aromatic carbocycles. The van der Waals surface area contributed by atoms with Crippen LogP contribution < -0.4 is 0 Å². The lowest BCUT2D eigenvalue weighted by Gasteiger charge is -2.33. The maximum Gasteiger partial charge on any atom is 0.321 e. The van der Waals surface area contributed by atoms with Crippen molar-refractivity contribution in [3.8, 4) is 0 Å². The van der Waals surface area contributed by atoms with Crippen LogP contribution in [-0.4, -0.2) is 19.7 Å². The van der Waals surface area contributed by atoms with Crippen molar-refractivity contribution in [1.82, 2.24) is 14.8 Å². The average Bonchev–Trinajstić information content (AvgIpc) is 2.91. The van der Waals surface area contributed by atoms with Gasteiger partial charge in [0.15, 0.2) is 0 Å². The Hall–Kier alpha value is -2.38. The van der Waals surface area contributed by atoms with Crippen molar-refractivity contribution in [2.24, 2.45) is 5.92 Å². The van der Waals surface area contributed by atoms with E-state index in [1.54, 1.807) is 12.1 Å². The van der Waals surface area contributed by atoms with E-state index in [0.29, 0.717) is 5.56 Å². The molecule has 1 aromatic heterocycles. The van der Waals surface area contributed by atoms with Crippen molar-refractivity contribution >= 4 is 5.69 Å². The lowest BCUT2D eigenvalue weighted by molar-refractivity contribution is -0.384. The molecule has 6 nitrogen and oxygen atoms in total. The molecule has 22 heavy (non-hydrogen) atoms. The van der Waals surface area contributed by atoms with E-state index >= 15 is 0 Å². The molecule has 8 heteroatoms. The van der Waals surface area contributed by atoms with Gasteiger partial charge in [0.2, 0.25) is 0 Å². The van der Waals surface area contributed by atoms with Crippen molar-refractivity contribution in [3.05, 3.63) is 52.1 Å². The van der Waals surface area contributed by atoms with E-state index in [4.69, 9.17) is 0 Å². The molecule has 0 saturated heterocycles. The Labute approximate surface area is 124 Å². The van der Waals surface area contributed by atoms with E-state index in [-0.39, 0.29) is 17.4 Å². The van der Waals surface area contributed by atoms with Crippen molar-refractivity contribution < 1.29 is 13.7 Å². The van der Waals surface area contributed by atoms with Crippen LogP contribution in [0.2, 0.25) is 0 Å². The molecule has 1 heterocycles. The molecule has 2 aromatic rings. The molecule has 0 radical (unpaired) electrons. The Kier molecular flexibility index (Phi) is 3.82. The standard InChI is InChI=1S/C14H14F2N4O2/c15-14(16)19-8-17-18-13(19)12(9-3-1-4-9)10-5-2-6-11(7-10)20(21)22/h2,5-9,12,14H,1,3-4H2. The third-order valence-electron chi connectivity index (χ3n) is 4.15. The summed E-state index contributed by atoms with van der Waals surface area (Å²) in [5.74, 6) is -0.0750. The lowest BCUT2D eigenvalue weighted by Crippen LogP contribution is -2.24. The quantitative estimate of drug-likeness (QED) is 0.625. The molecule has 116 valence electrons. The third kappa shape index (κ3) is 2.56. The SMILES string of the molecule is O=[N+]([O-])c1cccc(C(c2nncn2C(F)F)C2CCC2)c1. The second-order valence-corrected chi connectivity index (χ2v) is 5.39. The summed E-state index contributed by atoms with van der Waals surface area (Å²) in [6.07, 6.45) is 3.81. The van der Waals surface area contributed by atoms with Crippen molar-refractivity contribution in [2.75, 3.05) is 0 Å². The van der Waals surface area contributed by atoms with Gasteiger partial charge in [-0.1, -0.05) is 18.6 Å². The summed E-state index contributed by atoms with van der Waals surface area (Å²) in [7, 11) is 0. The number of halogens is 2. The second-order valence-electron chi connectivity index (χ2n) is 5.39. The smallest absolute Gasteiger partial charge is 0.258 e. The molecular formula is C14H14F2N4O2. The number of non-ortho nitro benzene ring substituents is 1. The summed E-state index contributed by atoms with van der Waals surface area (Å²) in [5, 5.41) is 18.4. The predicted molar refractivity (Wildman–Crippen MR) is 73.6 cm³/mol. The largest absolute Gasteiger partial charge is 0.321 e. The Bertz CT molecular complexity index is 685. The van der Waals surface area contributed by atoms with Crippen LogP contribution in [0.5, 0.6) is 0 Å². The molecular weight excluding hydrogens is 294 g/mol. The summed E-state index contributed by atoms with van der Waals surface area (Å²) in [4.78, 5) is 10.5. The molecule has 0 amide bonds. The molecule has 1 aliphatic carbocycles. The van der Waals surface area contributed by atoms with E-state index < -0.39 is 17.4 Å². The molecule has 0 aliphatic heterocycles. The van der Waals surface area contributed by atoms with E-state index in [1.807, 2.05) is 0 Å². The van der Waals surface area contributed by atoms with Gasteiger partial charge in [0.05, 0.1) is 4.92 Å². The molecule has 3 rings (SSSR count). The van der Waals surface area contributed by atoms with E-state index in [2.05, 4.69) is 10.2 Å². The first-order chi connectivity index (χ1) is 10.6. The highest BCUT2D eigenvalue weighted by Gasteiger charge is 2.34. The van der Waals surface area contributed by atoms with E-state index in [9.17, 15) is 18.9 Å². The van der Waals surface area contributed by atoms with Gasteiger partial charge in [-0.15, -0.1) is 10.2 Å². The summed E-state index contributed by atoms with van der Waals surface area (Å²) < 4.78 is 26.9. The van der Waals surface area contributed by atoms with Crippen LogP contribution in [0.15, 0.2) is 30.6 Å². The molecule has 0 spiro atoms. The monoisotopic (exact) mass is 308 g/mol. The van der Waals surface area contributed by atoms with Gasteiger partial charge in [-0.05, 0) is 24.3 Å². The first-order valence-electron chi connectivity index (χ1n) is 7.00. The Balaban J connectivity index is 2.05. The Morgan fingerprint density at radius 3 is 2.73 bits per heavy atom. The molecule has 1 atom stereocenters. The van der Waals surface area contributed by atoms with Crippen molar-refractivity contribution in [1.29, 1.82) is 0 Å². The Morgan fingerprint density at radius 2 is 2.14 bits per heavy atom. The lowest BCUT2D eigenvalue weighted by atomic mass is 9.72. The highest BCUT2D eigenvalue weighted by Crippen LogP contribution is 2.43. The first kappa shape index (κ1) is 14.6. The summed E-state index contributed by atoms with van der Waals surface area (Å²) in [5.41, 5.74) is 0.582. The highest BCUT2D eigenvalue weighted by molar-refractivity contribution is 5.38. The van der Waals surface area contributed by atoms with Gasteiger partial charge >= 0.3 is 6.55 Å². The van der Waals surface area contributed by atoms with Crippen molar-refractivity contribution in [2.45, 2.75) is 31.7 Å². The third-order valence-corrected chi connectivity index (χ3v) is 4.15. The van der Waals surface area contributed by atoms with Crippen LogP contribution >= 0.6 is 0 Å². The predicted octanol–water partition coefficient (Wildman–Crippen LogP) is 3.51. The number of nitro groups is 1. The van der Waals surface area contributed by atoms with Gasteiger partial charge in [-0.3, -0.25) is 14.7 Å². The molecule has 1 saturated carbocycles. The van der Waals surface area contributed by atoms with Crippen LogP contribution in [0.25, 0.3) is 0 Å². The summed E-state index contributed by atoms with van der Waals surface area (Å²) in [6, 6.07) is 6.12. The number of alkyl halides is 2. The topological polar surface area (TPSA) is 73.8 Å². The fraction of sp³-hybridized carbons (Fsp3) is 0.429. The first-order valence-corrected chi connectivity index (χ1v) is 7.00. The minimum Gasteiger partial charge on any atom is -0.258 e. The fourth-order valence-electron chi connectivity index (χ4n) is 2.86. The van der Waals surface area contributed by atoms with Crippen molar-refractivity contribution in [3.63, 3.8) is 0 Å². The van der Waals surface area contributed by atoms with Gasteiger partial charge in [0.25, 0.3) is 5.69 Å². The minimum atomic E-state index is -2.73. The summed E-state index contributed by atoms with van der Waals surface area (Å²) in [6.45, 7) is -2.73. The number of rotatable bonds is 5. The van der Waals surface area contributed by atoms with Gasteiger partial charge in [0.1, 0.15) is 12.2 Å².